The van der Waals surface area contributed by atoms with Crippen LogP contribution in [0.5, 0.6) is 5.75 Å². The summed E-state index contributed by atoms with van der Waals surface area (Å²) in [7, 11) is 2.03. The van der Waals surface area contributed by atoms with E-state index in [4.69, 9.17) is 4.74 Å². The lowest BCUT2D eigenvalue weighted by Gasteiger charge is -2.20. The maximum Gasteiger partial charge on any atom is 0.191 e. The van der Waals surface area contributed by atoms with Crippen LogP contribution in [0.2, 0.25) is 0 Å². The average molecular weight is 469 g/mol. The maximum absolute atomic E-state index is 13.8. The zero-order valence-electron chi connectivity index (χ0n) is 19.7. The Morgan fingerprint density at radius 1 is 1.15 bits per heavy atom. The van der Waals surface area contributed by atoms with E-state index in [2.05, 4.69) is 38.7 Å². The molecule has 2 aromatic carbocycles. The number of nitrogens with zero attached hydrogens (tertiary/aromatic N) is 4. The molecule has 1 fully saturated rings. The SMILES string of the molecule is CCOc1ccc(F)cc1C1CC1CN(CC)CCCSc1nnc(-c2ccccc2)n1C. The molecule has 2 unspecified atom stereocenters. The van der Waals surface area contributed by atoms with Crippen molar-refractivity contribution in [1.82, 2.24) is 19.7 Å². The molecule has 4 rings (SSSR count). The molecule has 7 heteroatoms. The topological polar surface area (TPSA) is 43.2 Å². The van der Waals surface area contributed by atoms with Gasteiger partial charge in [0.15, 0.2) is 11.0 Å². The second-order valence-corrected chi connectivity index (χ2v) is 9.61. The van der Waals surface area contributed by atoms with Crippen LogP contribution in [-0.2, 0) is 7.05 Å². The van der Waals surface area contributed by atoms with Gasteiger partial charge >= 0.3 is 0 Å². The van der Waals surface area contributed by atoms with Gasteiger partial charge in [-0.2, -0.15) is 0 Å². The number of benzene rings is 2. The third-order valence-electron chi connectivity index (χ3n) is 6.25. The zero-order chi connectivity index (χ0) is 23.2. The number of aromatic nitrogens is 3. The monoisotopic (exact) mass is 468 g/mol. The van der Waals surface area contributed by atoms with Gasteiger partial charge in [0.2, 0.25) is 0 Å². The molecule has 0 saturated heterocycles. The number of hydrogen-bond donors (Lipinski definition) is 0. The van der Waals surface area contributed by atoms with Crippen molar-refractivity contribution < 1.29 is 9.13 Å². The molecular weight excluding hydrogens is 435 g/mol. The first-order chi connectivity index (χ1) is 16.1. The van der Waals surface area contributed by atoms with E-state index in [0.29, 0.717) is 18.4 Å². The quantitative estimate of drug-likeness (QED) is 0.255. The van der Waals surface area contributed by atoms with Gasteiger partial charge in [-0.3, -0.25) is 0 Å². The molecule has 1 aliphatic carbocycles. The fourth-order valence-electron chi connectivity index (χ4n) is 4.37. The van der Waals surface area contributed by atoms with Crippen LogP contribution in [-0.4, -0.2) is 51.7 Å². The maximum atomic E-state index is 13.8. The summed E-state index contributed by atoms with van der Waals surface area (Å²) in [4.78, 5) is 2.51. The van der Waals surface area contributed by atoms with Gasteiger partial charge in [-0.25, -0.2) is 4.39 Å². The summed E-state index contributed by atoms with van der Waals surface area (Å²) in [6.45, 7) is 7.92. The lowest BCUT2D eigenvalue weighted by Crippen LogP contribution is -2.27. The van der Waals surface area contributed by atoms with E-state index in [1.165, 1.54) is 6.07 Å². The Hall–Kier alpha value is -2.38. The van der Waals surface area contributed by atoms with Gasteiger partial charge in [-0.15, -0.1) is 10.2 Å². The Labute approximate surface area is 200 Å². The van der Waals surface area contributed by atoms with Crippen molar-refractivity contribution in [1.29, 1.82) is 0 Å². The molecule has 2 atom stereocenters. The third kappa shape index (κ3) is 5.95. The predicted octanol–water partition coefficient (Wildman–Crippen LogP) is 5.63. The standard InChI is InChI=1S/C26H33FN4OS/c1-4-31(18-20-16-22(20)23-17-21(27)12-13-24(23)32-5-2)14-9-15-33-26-29-28-25(30(26)3)19-10-7-6-8-11-19/h6-8,10-13,17,20,22H,4-5,9,14-16,18H2,1-3H3. The van der Waals surface area contributed by atoms with Gasteiger partial charge in [0.25, 0.3) is 0 Å². The van der Waals surface area contributed by atoms with Crippen molar-refractivity contribution >= 4 is 11.8 Å². The lowest BCUT2D eigenvalue weighted by molar-refractivity contribution is 0.275. The van der Waals surface area contributed by atoms with Crippen LogP contribution in [0.3, 0.4) is 0 Å². The van der Waals surface area contributed by atoms with Crippen LogP contribution in [0.25, 0.3) is 11.4 Å². The molecular formula is C26H33FN4OS. The van der Waals surface area contributed by atoms with Crippen LogP contribution in [0.4, 0.5) is 4.39 Å². The highest BCUT2D eigenvalue weighted by atomic mass is 32.2. The number of hydrogen-bond acceptors (Lipinski definition) is 5. The summed E-state index contributed by atoms with van der Waals surface area (Å²) in [5, 5.41) is 9.71. The molecule has 0 bridgehead atoms. The largest absolute Gasteiger partial charge is 0.494 e. The highest BCUT2D eigenvalue weighted by Crippen LogP contribution is 2.50. The van der Waals surface area contributed by atoms with E-state index < -0.39 is 0 Å². The molecule has 0 N–H and O–H groups in total. The van der Waals surface area contributed by atoms with E-state index >= 15 is 0 Å². The lowest BCUT2D eigenvalue weighted by atomic mass is 10.1. The van der Waals surface area contributed by atoms with Crippen molar-refractivity contribution in [2.45, 2.75) is 37.8 Å². The van der Waals surface area contributed by atoms with Crippen LogP contribution < -0.4 is 4.74 Å². The summed E-state index contributed by atoms with van der Waals surface area (Å²) >= 11 is 1.76. The fourth-order valence-corrected chi connectivity index (χ4v) is 5.20. The highest BCUT2D eigenvalue weighted by Gasteiger charge is 2.40. The summed E-state index contributed by atoms with van der Waals surface area (Å²) in [5.41, 5.74) is 2.12. The molecule has 0 radical (unpaired) electrons. The van der Waals surface area contributed by atoms with Crippen molar-refractivity contribution in [3.8, 4) is 17.1 Å². The van der Waals surface area contributed by atoms with Gasteiger partial charge in [-0.05, 0) is 62.9 Å². The molecule has 5 nitrogen and oxygen atoms in total. The molecule has 1 aromatic heterocycles. The van der Waals surface area contributed by atoms with Crippen LogP contribution >= 0.6 is 11.8 Å². The number of thioether (sulfide) groups is 1. The van der Waals surface area contributed by atoms with Gasteiger partial charge in [-0.1, -0.05) is 49.0 Å². The van der Waals surface area contributed by atoms with Crippen LogP contribution in [0.1, 0.15) is 38.2 Å². The van der Waals surface area contributed by atoms with E-state index in [1.54, 1.807) is 23.9 Å². The minimum absolute atomic E-state index is 0.178. The van der Waals surface area contributed by atoms with Crippen molar-refractivity contribution in [3.63, 3.8) is 0 Å². The van der Waals surface area contributed by atoms with Crippen molar-refractivity contribution in [3.05, 3.63) is 59.9 Å². The Morgan fingerprint density at radius 2 is 1.97 bits per heavy atom. The molecule has 0 spiro atoms. The summed E-state index contributed by atoms with van der Waals surface area (Å²) in [5.74, 6) is 3.54. The number of ether oxygens (including phenoxy) is 1. The zero-order valence-corrected chi connectivity index (χ0v) is 20.5. The van der Waals surface area contributed by atoms with E-state index in [1.807, 2.05) is 32.2 Å². The first-order valence-corrected chi connectivity index (χ1v) is 12.8. The summed E-state index contributed by atoms with van der Waals surface area (Å²) < 4.78 is 21.6. The molecule has 33 heavy (non-hydrogen) atoms. The number of rotatable bonds is 12. The first kappa shape index (κ1) is 23.8. The molecule has 1 saturated carbocycles. The Bertz CT molecular complexity index is 1040. The molecule has 176 valence electrons. The van der Waals surface area contributed by atoms with E-state index in [-0.39, 0.29) is 5.82 Å². The molecule has 0 aliphatic heterocycles. The predicted molar refractivity (Wildman–Crippen MR) is 132 cm³/mol. The average Bonchev–Trinajstić information content (AvgIpc) is 3.50. The van der Waals surface area contributed by atoms with E-state index in [9.17, 15) is 4.39 Å². The molecule has 0 amide bonds. The van der Waals surface area contributed by atoms with Crippen LogP contribution in [0, 0.1) is 11.7 Å². The van der Waals surface area contributed by atoms with Crippen molar-refractivity contribution in [2.75, 3.05) is 32.0 Å². The normalized spacial score (nSPS) is 17.5. The molecule has 3 aromatic rings. The minimum Gasteiger partial charge on any atom is -0.494 e. The van der Waals surface area contributed by atoms with Crippen molar-refractivity contribution in [2.24, 2.45) is 13.0 Å². The summed E-state index contributed by atoms with van der Waals surface area (Å²) in [6, 6.07) is 15.1. The smallest absolute Gasteiger partial charge is 0.191 e. The molecule has 1 aliphatic rings. The first-order valence-electron chi connectivity index (χ1n) is 11.8. The second kappa shape index (κ2) is 11.2. The van der Waals surface area contributed by atoms with Gasteiger partial charge in [0, 0.05) is 30.5 Å². The second-order valence-electron chi connectivity index (χ2n) is 8.54. The highest BCUT2D eigenvalue weighted by molar-refractivity contribution is 7.99. The molecule has 1 heterocycles. The Balaban J connectivity index is 1.25. The Morgan fingerprint density at radius 3 is 2.73 bits per heavy atom. The van der Waals surface area contributed by atoms with E-state index in [0.717, 1.165) is 66.1 Å². The third-order valence-corrected chi connectivity index (χ3v) is 7.36. The minimum atomic E-state index is -0.178. The fraction of sp³-hybridized carbons (Fsp3) is 0.462. The van der Waals surface area contributed by atoms with Gasteiger partial charge in [0.05, 0.1) is 6.61 Å². The van der Waals surface area contributed by atoms with Crippen LogP contribution in [0.15, 0.2) is 53.7 Å². The van der Waals surface area contributed by atoms with Gasteiger partial charge in [0.1, 0.15) is 11.6 Å². The van der Waals surface area contributed by atoms with Gasteiger partial charge < -0.3 is 14.2 Å². The number of halogens is 1. The summed E-state index contributed by atoms with van der Waals surface area (Å²) in [6.07, 6.45) is 2.20. The Kier molecular flexibility index (Phi) is 8.04.